The first kappa shape index (κ1) is 19.0. The minimum atomic E-state index is -3.12. The van der Waals surface area contributed by atoms with E-state index in [0.717, 1.165) is 16.3 Å². The predicted molar refractivity (Wildman–Crippen MR) is 112 cm³/mol. The van der Waals surface area contributed by atoms with Gasteiger partial charge in [0.2, 0.25) is 0 Å². The highest BCUT2D eigenvalue weighted by atomic mass is 35.5. The van der Waals surface area contributed by atoms with Crippen molar-refractivity contribution in [3.63, 3.8) is 0 Å². The van der Waals surface area contributed by atoms with Gasteiger partial charge in [0.1, 0.15) is 0 Å². The van der Waals surface area contributed by atoms with Crippen molar-refractivity contribution in [2.45, 2.75) is 19.0 Å². The topological polar surface area (TPSA) is 54.5 Å². The number of carbonyl (C=O) groups is 1. The van der Waals surface area contributed by atoms with Crippen LogP contribution in [0.3, 0.4) is 0 Å². The van der Waals surface area contributed by atoms with E-state index < -0.39 is 9.84 Å². The fourth-order valence-electron chi connectivity index (χ4n) is 3.79. The van der Waals surface area contributed by atoms with Crippen molar-refractivity contribution in [3.05, 3.63) is 82.9 Å². The zero-order chi connectivity index (χ0) is 19.7. The molecule has 0 N–H and O–H groups in total. The van der Waals surface area contributed by atoms with E-state index in [2.05, 4.69) is 0 Å². The van der Waals surface area contributed by atoms with Crippen molar-refractivity contribution in [1.82, 2.24) is 4.90 Å². The molecule has 0 bridgehead atoms. The molecule has 1 aliphatic rings. The van der Waals surface area contributed by atoms with E-state index in [9.17, 15) is 13.2 Å². The molecule has 0 saturated carbocycles. The molecular weight excluding hydrogens is 394 g/mol. The van der Waals surface area contributed by atoms with Gasteiger partial charge >= 0.3 is 0 Å². The summed E-state index contributed by atoms with van der Waals surface area (Å²) < 4.78 is 24.1. The second-order valence-electron chi connectivity index (χ2n) is 7.14. The maximum atomic E-state index is 13.3. The molecule has 1 saturated heterocycles. The molecule has 3 aromatic carbocycles. The molecule has 1 fully saturated rings. The Morgan fingerprint density at radius 3 is 2.54 bits per heavy atom. The Hall–Kier alpha value is -2.37. The Kier molecular flexibility index (Phi) is 5.13. The van der Waals surface area contributed by atoms with Gasteiger partial charge < -0.3 is 4.90 Å². The fraction of sp³-hybridized carbons (Fsp3) is 0.227. The van der Waals surface area contributed by atoms with Gasteiger partial charge in [0.05, 0.1) is 11.5 Å². The number of hydrogen-bond donors (Lipinski definition) is 0. The quantitative estimate of drug-likeness (QED) is 0.640. The first-order valence-electron chi connectivity index (χ1n) is 9.16. The molecule has 0 spiro atoms. The number of sulfone groups is 1. The Morgan fingerprint density at radius 2 is 1.79 bits per heavy atom. The third-order valence-corrected chi connectivity index (χ3v) is 7.19. The lowest BCUT2D eigenvalue weighted by atomic mass is 10.0. The van der Waals surface area contributed by atoms with Crippen LogP contribution in [-0.4, -0.2) is 36.8 Å². The number of carbonyl (C=O) groups excluding carboxylic acids is 1. The molecule has 0 aliphatic carbocycles. The highest BCUT2D eigenvalue weighted by molar-refractivity contribution is 7.91. The van der Waals surface area contributed by atoms with Crippen molar-refractivity contribution in [3.8, 4) is 0 Å². The van der Waals surface area contributed by atoms with Crippen LogP contribution in [0.1, 0.15) is 22.3 Å². The van der Waals surface area contributed by atoms with Crippen LogP contribution in [0.2, 0.25) is 5.02 Å². The van der Waals surface area contributed by atoms with Crippen LogP contribution in [0, 0.1) is 0 Å². The number of nitrogens with zero attached hydrogens (tertiary/aromatic N) is 1. The normalized spacial score (nSPS) is 18.2. The number of hydrogen-bond acceptors (Lipinski definition) is 3. The molecule has 1 atom stereocenters. The lowest BCUT2D eigenvalue weighted by Crippen LogP contribution is -2.40. The van der Waals surface area contributed by atoms with E-state index in [-0.39, 0.29) is 23.5 Å². The van der Waals surface area contributed by atoms with E-state index in [1.54, 1.807) is 29.2 Å². The summed E-state index contributed by atoms with van der Waals surface area (Å²) in [6.07, 6.45) is 0.458. The number of halogens is 1. The monoisotopic (exact) mass is 413 g/mol. The van der Waals surface area contributed by atoms with Gasteiger partial charge in [0, 0.05) is 23.2 Å². The number of fused-ring (bicyclic) bond motifs is 1. The summed E-state index contributed by atoms with van der Waals surface area (Å²) in [6.45, 7) is 0.354. The predicted octanol–water partition coefficient (Wildman–Crippen LogP) is 4.32. The molecule has 28 heavy (non-hydrogen) atoms. The van der Waals surface area contributed by atoms with E-state index in [0.29, 0.717) is 23.6 Å². The van der Waals surface area contributed by atoms with E-state index in [1.165, 1.54) is 0 Å². The lowest BCUT2D eigenvalue weighted by Gasteiger charge is -2.29. The zero-order valence-electron chi connectivity index (χ0n) is 15.2. The summed E-state index contributed by atoms with van der Waals surface area (Å²) in [5.41, 5.74) is 1.47. The summed E-state index contributed by atoms with van der Waals surface area (Å²) in [7, 11) is -3.12. The van der Waals surface area contributed by atoms with Gasteiger partial charge in [-0.3, -0.25) is 4.79 Å². The molecule has 0 aromatic heterocycles. The summed E-state index contributed by atoms with van der Waals surface area (Å²) in [5.74, 6) is -0.0751. The first-order chi connectivity index (χ1) is 13.4. The Bertz CT molecular complexity index is 1140. The van der Waals surface area contributed by atoms with Crippen molar-refractivity contribution in [1.29, 1.82) is 0 Å². The molecule has 3 aromatic rings. The molecule has 6 heteroatoms. The number of benzene rings is 3. The zero-order valence-corrected chi connectivity index (χ0v) is 16.8. The van der Waals surface area contributed by atoms with E-state index in [4.69, 9.17) is 11.6 Å². The minimum absolute atomic E-state index is 0.00404. The largest absolute Gasteiger partial charge is 0.330 e. The van der Waals surface area contributed by atoms with Crippen LogP contribution in [0.5, 0.6) is 0 Å². The van der Waals surface area contributed by atoms with Crippen molar-refractivity contribution in [2.75, 3.05) is 11.5 Å². The van der Waals surface area contributed by atoms with Gasteiger partial charge in [-0.25, -0.2) is 8.42 Å². The van der Waals surface area contributed by atoms with Crippen LogP contribution >= 0.6 is 11.6 Å². The fourth-order valence-corrected chi connectivity index (χ4v) is 5.71. The number of rotatable bonds is 4. The summed E-state index contributed by atoms with van der Waals surface area (Å²) >= 11 is 6.07. The highest BCUT2D eigenvalue weighted by Gasteiger charge is 2.35. The van der Waals surface area contributed by atoms with Gasteiger partial charge in [-0.05, 0) is 41.0 Å². The third kappa shape index (κ3) is 3.91. The van der Waals surface area contributed by atoms with Gasteiger partial charge in [0.15, 0.2) is 9.84 Å². The van der Waals surface area contributed by atoms with Gasteiger partial charge in [0.25, 0.3) is 5.91 Å². The first-order valence-corrected chi connectivity index (χ1v) is 11.4. The SMILES string of the molecule is O=C(c1cccc(Cl)c1)N(Cc1cccc2ccccc12)[C@H]1CCS(=O)(=O)C1. The molecule has 0 unspecified atom stereocenters. The Morgan fingerprint density at radius 1 is 1.04 bits per heavy atom. The van der Waals surface area contributed by atoms with E-state index in [1.807, 2.05) is 42.5 Å². The molecule has 1 amide bonds. The van der Waals surface area contributed by atoms with Crippen molar-refractivity contribution in [2.24, 2.45) is 0 Å². The smallest absolute Gasteiger partial charge is 0.254 e. The molecule has 4 rings (SSSR count). The molecule has 1 heterocycles. The van der Waals surface area contributed by atoms with Crippen LogP contribution in [-0.2, 0) is 16.4 Å². The van der Waals surface area contributed by atoms with Crippen LogP contribution in [0.25, 0.3) is 10.8 Å². The standard InChI is InChI=1S/C22H20ClNO3S/c23-19-9-4-7-17(13-19)22(25)24(20-11-12-28(26,27)15-20)14-18-8-3-6-16-5-1-2-10-21(16)18/h1-10,13,20H,11-12,14-15H2/t20-/m0/s1. The average molecular weight is 414 g/mol. The van der Waals surface area contributed by atoms with Crippen molar-refractivity contribution >= 4 is 38.1 Å². The number of amides is 1. The van der Waals surface area contributed by atoms with Gasteiger partial charge in [-0.1, -0.05) is 60.1 Å². The van der Waals surface area contributed by atoms with Crippen LogP contribution in [0.15, 0.2) is 66.7 Å². The average Bonchev–Trinajstić information content (AvgIpc) is 3.05. The van der Waals surface area contributed by atoms with Gasteiger partial charge in [-0.15, -0.1) is 0 Å². The highest BCUT2D eigenvalue weighted by Crippen LogP contribution is 2.26. The maximum absolute atomic E-state index is 13.3. The minimum Gasteiger partial charge on any atom is -0.330 e. The molecule has 1 aliphatic heterocycles. The van der Waals surface area contributed by atoms with Crippen molar-refractivity contribution < 1.29 is 13.2 Å². The summed E-state index contributed by atoms with van der Waals surface area (Å²) in [5, 5.41) is 2.64. The van der Waals surface area contributed by atoms with Gasteiger partial charge in [-0.2, -0.15) is 0 Å². The summed E-state index contributed by atoms with van der Waals surface area (Å²) in [6, 6.07) is 20.4. The second kappa shape index (κ2) is 7.57. The third-order valence-electron chi connectivity index (χ3n) is 5.20. The lowest BCUT2D eigenvalue weighted by molar-refractivity contribution is 0.0682. The van der Waals surface area contributed by atoms with E-state index >= 15 is 0 Å². The Balaban J connectivity index is 1.73. The second-order valence-corrected chi connectivity index (χ2v) is 9.80. The van der Waals surface area contributed by atoms with Crippen LogP contribution < -0.4 is 0 Å². The Labute approximate surface area is 169 Å². The molecule has 0 radical (unpaired) electrons. The molecular formula is C22H20ClNO3S. The molecule has 4 nitrogen and oxygen atoms in total. The molecule has 144 valence electrons. The summed E-state index contributed by atoms with van der Waals surface area (Å²) in [4.78, 5) is 15.0. The van der Waals surface area contributed by atoms with Crippen LogP contribution in [0.4, 0.5) is 0 Å². The maximum Gasteiger partial charge on any atom is 0.254 e.